The zero-order chi connectivity index (χ0) is 13.3. The van der Waals surface area contributed by atoms with E-state index < -0.39 is 0 Å². The third-order valence-corrected chi connectivity index (χ3v) is 3.42. The summed E-state index contributed by atoms with van der Waals surface area (Å²) in [5, 5.41) is 0. The summed E-state index contributed by atoms with van der Waals surface area (Å²) >= 11 is 0. The molecule has 0 fully saturated rings. The van der Waals surface area contributed by atoms with Gasteiger partial charge in [0.2, 0.25) is 0 Å². The molecule has 0 unspecified atom stereocenters. The number of fused-ring (bicyclic) bond motifs is 1. The molecule has 0 atom stereocenters. The van der Waals surface area contributed by atoms with E-state index in [9.17, 15) is 0 Å². The van der Waals surface area contributed by atoms with Crippen LogP contribution in [0, 0.1) is 0 Å². The SMILES string of the molecule is CC1(C)CCc2c(Oc3ccccc3)cccc2O1. The molecule has 0 N–H and O–H groups in total. The Bertz CT molecular complexity index is 573. The highest BCUT2D eigenvalue weighted by atomic mass is 16.5. The number of benzene rings is 2. The van der Waals surface area contributed by atoms with Gasteiger partial charge >= 0.3 is 0 Å². The minimum Gasteiger partial charge on any atom is -0.487 e. The molecule has 0 spiro atoms. The Morgan fingerprint density at radius 3 is 2.58 bits per heavy atom. The number of ether oxygens (including phenoxy) is 2. The lowest BCUT2D eigenvalue weighted by atomic mass is 9.94. The monoisotopic (exact) mass is 254 g/mol. The van der Waals surface area contributed by atoms with Gasteiger partial charge in [-0.15, -0.1) is 0 Å². The Morgan fingerprint density at radius 2 is 1.79 bits per heavy atom. The van der Waals surface area contributed by atoms with Crippen molar-refractivity contribution in [3.05, 3.63) is 54.1 Å². The summed E-state index contributed by atoms with van der Waals surface area (Å²) in [5.41, 5.74) is 1.09. The summed E-state index contributed by atoms with van der Waals surface area (Å²) in [5.74, 6) is 2.71. The number of hydrogen-bond acceptors (Lipinski definition) is 2. The molecule has 2 nitrogen and oxygen atoms in total. The first-order valence-corrected chi connectivity index (χ1v) is 6.68. The van der Waals surface area contributed by atoms with E-state index in [1.165, 1.54) is 5.56 Å². The molecule has 0 amide bonds. The Balaban J connectivity index is 1.92. The van der Waals surface area contributed by atoms with Crippen LogP contribution in [0.2, 0.25) is 0 Å². The molecule has 3 rings (SSSR count). The van der Waals surface area contributed by atoms with Gasteiger partial charge in [-0.05, 0) is 51.0 Å². The summed E-state index contributed by atoms with van der Waals surface area (Å²) in [6.45, 7) is 4.25. The van der Waals surface area contributed by atoms with Crippen LogP contribution < -0.4 is 9.47 Å². The predicted molar refractivity (Wildman–Crippen MR) is 76.0 cm³/mol. The maximum Gasteiger partial charge on any atom is 0.134 e. The second-order valence-corrected chi connectivity index (χ2v) is 5.51. The molecule has 2 aromatic rings. The normalized spacial score (nSPS) is 16.3. The van der Waals surface area contributed by atoms with Crippen molar-refractivity contribution in [2.75, 3.05) is 0 Å². The molecular formula is C17H18O2. The fraction of sp³-hybridized carbons (Fsp3) is 0.294. The van der Waals surface area contributed by atoms with Crippen LogP contribution in [0.15, 0.2) is 48.5 Å². The quantitative estimate of drug-likeness (QED) is 0.780. The number of para-hydroxylation sites is 1. The van der Waals surface area contributed by atoms with Gasteiger partial charge in [0.05, 0.1) is 0 Å². The lowest BCUT2D eigenvalue weighted by molar-refractivity contribution is 0.0839. The van der Waals surface area contributed by atoms with Crippen molar-refractivity contribution in [2.24, 2.45) is 0 Å². The van der Waals surface area contributed by atoms with Crippen LogP contribution in [0.5, 0.6) is 17.2 Å². The minimum atomic E-state index is -0.0850. The van der Waals surface area contributed by atoms with Crippen LogP contribution in [0.25, 0.3) is 0 Å². The molecule has 2 aromatic carbocycles. The Morgan fingerprint density at radius 1 is 1.00 bits per heavy atom. The van der Waals surface area contributed by atoms with E-state index in [2.05, 4.69) is 13.8 Å². The largest absolute Gasteiger partial charge is 0.487 e. The van der Waals surface area contributed by atoms with Crippen molar-refractivity contribution in [1.82, 2.24) is 0 Å². The van der Waals surface area contributed by atoms with Gasteiger partial charge in [-0.1, -0.05) is 24.3 Å². The summed E-state index contributed by atoms with van der Waals surface area (Å²) in [6.07, 6.45) is 2.00. The van der Waals surface area contributed by atoms with Crippen molar-refractivity contribution in [2.45, 2.75) is 32.3 Å². The van der Waals surface area contributed by atoms with Crippen LogP contribution in [0.3, 0.4) is 0 Å². The van der Waals surface area contributed by atoms with Gasteiger partial charge in [-0.25, -0.2) is 0 Å². The summed E-state index contributed by atoms with van der Waals surface area (Å²) in [7, 11) is 0. The van der Waals surface area contributed by atoms with E-state index in [0.29, 0.717) is 0 Å². The first kappa shape index (κ1) is 12.1. The van der Waals surface area contributed by atoms with Gasteiger partial charge in [0, 0.05) is 5.56 Å². The van der Waals surface area contributed by atoms with Crippen molar-refractivity contribution >= 4 is 0 Å². The van der Waals surface area contributed by atoms with Crippen LogP contribution >= 0.6 is 0 Å². The molecule has 1 aliphatic rings. The van der Waals surface area contributed by atoms with Crippen molar-refractivity contribution in [1.29, 1.82) is 0 Å². The van der Waals surface area contributed by atoms with Crippen molar-refractivity contribution < 1.29 is 9.47 Å². The molecule has 0 aliphatic carbocycles. The minimum absolute atomic E-state index is 0.0850. The van der Waals surface area contributed by atoms with Gasteiger partial charge in [-0.3, -0.25) is 0 Å². The highest BCUT2D eigenvalue weighted by molar-refractivity contribution is 5.48. The van der Waals surface area contributed by atoms with E-state index in [-0.39, 0.29) is 5.60 Å². The Labute approximate surface area is 114 Å². The lowest BCUT2D eigenvalue weighted by Gasteiger charge is -2.33. The molecule has 0 saturated heterocycles. The summed E-state index contributed by atoms with van der Waals surface area (Å²) in [4.78, 5) is 0. The van der Waals surface area contributed by atoms with Crippen molar-refractivity contribution in [3.63, 3.8) is 0 Å². The molecule has 0 radical (unpaired) electrons. The second kappa shape index (κ2) is 4.61. The third-order valence-electron chi connectivity index (χ3n) is 3.42. The summed E-state index contributed by atoms with van der Waals surface area (Å²) in [6, 6.07) is 15.9. The standard InChI is InChI=1S/C17H18O2/c1-17(2)12-11-14-15(9-6-10-16(14)19-17)18-13-7-4-3-5-8-13/h3-10H,11-12H2,1-2H3. The van der Waals surface area contributed by atoms with Gasteiger partial charge in [0.15, 0.2) is 0 Å². The highest BCUT2D eigenvalue weighted by Crippen LogP contribution is 2.39. The van der Waals surface area contributed by atoms with Crippen LogP contribution in [-0.2, 0) is 6.42 Å². The summed E-state index contributed by atoms with van der Waals surface area (Å²) < 4.78 is 12.0. The second-order valence-electron chi connectivity index (χ2n) is 5.51. The Hall–Kier alpha value is -1.96. The lowest BCUT2D eigenvalue weighted by Crippen LogP contribution is -2.32. The van der Waals surface area contributed by atoms with Crippen LogP contribution in [-0.4, -0.2) is 5.60 Å². The molecule has 19 heavy (non-hydrogen) atoms. The van der Waals surface area contributed by atoms with Gasteiger partial charge in [0.1, 0.15) is 22.8 Å². The zero-order valence-corrected chi connectivity index (χ0v) is 11.3. The van der Waals surface area contributed by atoms with Gasteiger partial charge in [-0.2, -0.15) is 0 Å². The van der Waals surface area contributed by atoms with Crippen LogP contribution in [0.1, 0.15) is 25.8 Å². The average molecular weight is 254 g/mol. The molecule has 0 aromatic heterocycles. The van der Waals surface area contributed by atoms with Gasteiger partial charge in [0.25, 0.3) is 0 Å². The van der Waals surface area contributed by atoms with E-state index in [1.54, 1.807) is 0 Å². The first-order chi connectivity index (χ1) is 9.14. The van der Waals surface area contributed by atoms with E-state index in [0.717, 1.165) is 30.1 Å². The molecule has 1 heterocycles. The number of rotatable bonds is 2. The molecule has 2 heteroatoms. The van der Waals surface area contributed by atoms with Crippen LogP contribution in [0.4, 0.5) is 0 Å². The third kappa shape index (κ3) is 2.58. The maximum atomic E-state index is 6.02. The van der Waals surface area contributed by atoms with E-state index >= 15 is 0 Å². The average Bonchev–Trinajstić information content (AvgIpc) is 2.39. The Kier molecular flexibility index (Phi) is 2.94. The molecule has 98 valence electrons. The molecule has 0 saturated carbocycles. The maximum absolute atomic E-state index is 6.02. The zero-order valence-electron chi connectivity index (χ0n) is 11.3. The fourth-order valence-electron chi connectivity index (χ4n) is 2.37. The fourth-order valence-corrected chi connectivity index (χ4v) is 2.37. The number of hydrogen-bond donors (Lipinski definition) is 0. The molecule has 0 bridgehead atoms. The highest BCUT2D eigenvalue weighted by Gasteiger charge is 2.28. The predicted octanol–water partition coefficient (Wildman–Crippen LogP) is 4.58. The van der Waals surface area contributed by atoms with Gasteiger partial charge < -0.3 is 9.47 Å². The first-order valence-electron chi connectivity index (χ1n) is 6.68. The molecular weight excluding hydrogens is 236 g/mol. The van der Waals surface area contributed by atoms with E-state index in [1.807, 2.05) is 48.5 Å². The molecule has 1 aliphatic heterocycles. The van der Waals surface area contributed by atoms with E-state index in [4.69, 9.17) is 9.47 Å². The smallest absolute Gasteiger partial charge is 0.134 e. The topological polar surface area (TPSA) is 18.5 Å². The van der Waals surface area contributed by atoms with Crippen molar-refractivity contribution in [3.8, 4) is 17.2 Å².